The number of hydrogen-bond acceptors (Lipinski definition) is 1. The van der Waals surface area contributed by atoms with Crippen molar-refractivity contribution >= 4 is 11.0 Å². The first-order valence-electron chi connectivity index (χ1n) is 5.79. The smallest absolute Gasteiger partial charge is 0.363 e. The van der Waals surface area contributed by atoms with E-state index in [2.05, 4.69) is 12.1 Å². The monoisotopic (exact) mass is 215 g/mol. The van der Waals surface area contributed by atoms with Crippen LogP contribution in [0, 0.1) is 0 Å². The minimum atomic E-state index is 0.854. The molecule has 0 unspecified atom stereocenters. The van der Waals surface area contributed by atoms with Crippen molar-refractivity contribution in [2.75, 3.05) is 7.11 Å². The predicted octanol–water partition coefficient (Wildman–Crippen LogP) is 3.60. The van der Waals surface area contributed by atoms with Gasteiger partial charge in [0.2, 0.25) is 0 Å². The number of methoxy groups -OCH3 is 1. The van der Waals surface area contributed by atoms with Crippen LogP contribution in [0.5, 0.6) is 5.75 Å². The lowest BCUT2D eigenvalue weighted by Gasteiger charge is -2.07. The van der Waals surface area contributed by atoms with Gasteiger partial charge in [-0.05, 0) is 37.5 Å². The van der Waals surface area contributed by atoms with Gasteiger partial charge in [0.15, 0.2) is 0 Å². The van der Waals surface area contributed by atoms with Crippen molar-refractivity contribution in [2.45, 2.75) is 25.7 Å². The molecule has 2 nitrogen and oxygen atoms in total. The lowest BCUT2D eigenvalue weighted by Crippen LogP contribution is -2.02. The largest absolute Gasteiger partial charge is 0.496 e. The zero-order valence-corrected chi connectivity index (χ0v) is 9.45. The summed E-state index contributed by atoms with van der Waals surface area (Å²) in [5.41, 5.74) is 2.31. The highest BCUT2D eigenvalue weighted by atomic mass is 16.5. The molecule has 3 rings (SSSR count). The van der Waals surface area contributed by atoms with E-state index in [1.54, 1.807) is 7.11 Å². The highest BCUT2D eigenvalue weighted by molar-refractivity contribution is 5.79. The third kappa shape index (κ3) is 1.54. The van der Waals surface area contributed by atoms with Crippen LogP contribution in [0.3, 0.4) is 0 Å². The normalized spacial score (nSPS) is 14.8. The van der Waals surface area contributed by atoms with Crippen molar-refractivity contribution in [3.8, 4) is 5.75 Å². The Morgan fingerprint density at radius 3 is 2.88 bits per heavy atom. The maximum atomic E-state index is 5.95. The lowest BCUT2D eigenvalue weighted by atomic mass is 9.96. The molecule has 16 heavy (non-hydrogen) atoms. The van der Waals surface area contributed by atoms with Crippen molar-refractivity contribution < 1.29 is 9.15 Å². The van der Waals surface area contributed by atoms with Crippen LogP contribution in [-0.4, -0.2) is 7.11 Å². The molecular weight excluding hydrogens is 200 g/mol. The second-order valence-corrected chi connectivity index (χ2v) is 4.31. The quantitative estimate of drug-likeness (QED) is 0.677. The van der Waals surface area contributed by atoms with Crippen molar-refractivity contribution in [2.24, 2.45) is 0 Å². The zero-order chi connectivity index (χ0) is 11.0. The Labute approximate surface area is 94.9 Å². The van der Waals surface area contributed by atoms with Gasteiger partial charge in [-0.1, -0.05) is 0 Å². The summed E-state index contributed by atoms with van der Waals surface area (Å²) in [7, 11) is 1.68. The number of benzene rings is 1. The van der Waals surface area contributed by atoms with Crippen LogP contribution < -0.4 is 4.74 Å². The Morgan fingerprint density at radius 1 is 1.12 bits per heavy atom. The first-order chi connectivity index (χ1) is 7.86. The maximum Gasteiger partial charge on any atom is 0.363 e. The van der Waals surface area contributed by atoms with Gasteiger partial charge in [0.1, 0.15) is 5.75 Å². The minimum absolute atomic E-state index is 0.854. The van der Waals surface area contributed by atoms with Crippen LogP contribution in [0.4, 0.5) is 0 Å². The molecule has 0 saturated carbocycles. The fourth-order valence-corrected chi connectivity index (χ4v) is 2.34. The van der Waals surface area contributed by atoms with E-state index in [0.29, 0.717) is 0 Å². The fraction of sp³-hybridized carbons (Fsp3) is 0.357. The summed E-state index contributed by atoms with van der Waals surface area (Å²) in [6.07, 6.45) is 4.75. The molecule has 0 aliphatic heterocycles. The van der Waals surface area contributed by atoms with E-state index in [9.17, 15) is 0 Å². The van der Waals surface area contributed by atoms with Crippen LogP contribution >= 0.6 is 0 Å². The van der Waals surface area contributed by atoms with Gasteiger partial charge in [-0.15, -0.1) is 0 Å². The van der Waals surface area contributed by atoms with Gasteiger partial charge < -0.3 is 4.74 Å². The summed E-state index contributed by atoms with van der Waals surface area (Å²) in [6, 6.07) is 8.26. The molecule has 0 saturated heterocycles. The van der Waals surface area contributed by atoms with Gasteiger partial charge >= 0.3 is 11.3 Å². The Balaban J connectivity index is 2.19. The lowest BCUT2D eigenvalue weighted by molar-refractivity contribution is 0.413. The van der Waals surface area contributed by atoms with Crippen molar-refractivity contribution in [3.05, 3.63) is 35.6 Å². The molecule has 2 aromatic rings. The predicted molar refractivity (Wildman–Crippen MR) is 63.8 cm³/mol. The molecule has 1 aliphatic rings. The van der Waals surface area contributed by atoms with Crippen LogP contribution in [-0.2, 0) is 12.8 Å². The standard InChI is InChI=1S/C14H15O2/c1-15-12-7-6-11-8-10-4-2-3-5-13(10)16-14(11)9-12/h6-9H,2-5H2,1H3/q+1. The van der Waals surface area contributed by atoms with E-state index in [-0.39, 0.29) is 0 Å². The molecule has 1 aliphatic carbocycles. The van der Waals surface area contributed by atoms with E-state index in [0.717, 1.165) is 29.9 Å². The Kier molecular flexibility index (Phi) is 2.28. The van der Waals surface area contributed by atoms with Gasteiger partial charge in [0.05, 0.1) is 30.5 Å². The first kappa shape index (κ1) is 9.64. The molecule has 1 heterocycles. The minimum Gasteiger partial charge on any atom is -0.496 e. The zero-order valence-electron chi connectivity index (χ0n) is 9.45. The maximum absolute atomic E-state index is 5.95. The summed E-state index contributed by atoms with van der Waals surface area (Å²) >= 11 is 0. The Morgan fingerprint density at radius 2 is 2.00 bits per heavy atom. The number of rotatable bonds is 1. The third-order valence-corrected chi connectivity index (χ3v) is 3.24. The highest BCUT2D eigenvalue weighted by Crippen LogP contribution is 2.28. The van der Waals surface area contributed by atoms with E-state index >= 15 is 0 Å². The van der Waals surface area contributed by atoms with E-state index < -0.39 is 0 Å². The Hall–Kier alpha value is -1.57. The molecule has 0 bridgehead atoms. The third-order valence-electron chi connectivity index (χ3n) is 3.24. The number of hydrogen-bond donors (Lipinski definition) is 0. The fourth-order valence-electron chi connectivity index (χ4n) is 2.34. The topological polar surface area (TPSA) is 20.5 Å². The molecule has 1 aromatic carbocycles. The molecule has 0 fully saturated rings. The number of fused-ring (bicyclic) bond motifs is 2. The number of aryl methyl sites for hydroxylation is 2. The van der Waals surface area contributed by atoms with E-state index in [1.165, 1.54) is 23.8 Å². The molecule has 1 aromatic heterocycles. The van der Waals surface area contributed by atoms with E-state index in [4.69, 9.17) is 9.15 Å². The van der Waals surface area contributed by atoms with Crippen molar-refractivity contribution in [3.63, 3.8) is 0 Å². The number of ether oxygens (including phenoxy) is 1. The molecule has 2 heteroatoms. The average Bonchev–Trinajstić information content (AvgIpc) is 2.35. The van der Waals surface area contributed by atoms with E-state index in [1.807, 2.05) is 12.1 Å². The van der Waals surface area contributed by atoms with Gasteiger partial charge in [0, 0.05) is 0 Å². The molecule has 82 valence electrons. The van der Waals surface area contributed by atoms with Crippen LogP contribution in [0.1, 0.15) is 24.2 Å². The van der Waals surface area contributed by atoms with Gasteiger partial charge in [-0.3, -0.25) is 0 Å². The van der Waals surface area contributed by atoms with Gasteiger partial charge in [-0.2, -0.15) is 0 Å². The molecule has 0 spiro atoms. The van der Waals surface area contributed by atoms with Crippen molar-refractivity contribution in [1.29, 1.82) is 0 Å². The average molecular weight is 215 g/mol. The summed E-state index contributed by atoms with van der Waals surface area (Å²) in [5, 5.41) is 1.17. The van der Waals surface area contributed by atoms with Gasteiger partial charge in [-0.25, -0.2) is 4.42 Å². The molecular formula is C14H15O2+. The summed E-state index contributed by atoms with van der Waals surface area (Å²) < 4.78 is 11.2. The van der Waals surface area contributed by atoms with Crippen LogP contribution in [0.2, 0.25) is 0 Å². The van der Waals surface area contributed by atoms with Crippen molar-refractivity contribution in [1.82, 2.24) is 0 Å². The summed E-state index contributed by atoms with van der Waals surface area (Å²) in [4.78, 5) is 0. The molecule has 0 atom stereocenters. The highest BCUT2D eigenvalue weighted by Gasteiger charge is 2.22. The molecule has 0 amide bonds. The summed E-state index contributed by atoms with van der Waals surface area (Å²) in [6.45, 7) is 0. The first-order valence-corrected chi connectivity index (χ1v) is 5.79. The molecule has 0 radical (unpaired) electrons. The Bertz CT molecular complexity index is 531. The second kappa shape index (κ2) is 3.78. The molecule has 0 N–H and O–H groups in total. The second-order valence-electron chi connectivity index (χ2n) is 4.31. The van der Waals surface area contributed by atoms with Gasteiger partial charge in [0.25, 0.3) is 0 Å². The van der Waals surface area contributed by atoms with Crippen LogP contribution in [0.25, 0.3) is 11.0 Å². The van der Waals surface area contributed by atoms with Crippen LogP contribution in [0.15, 0.2) is 28.7 Å². The summed E-state index contributed by atoms with van der Waals surface area (Å²) in [5.74, 6) is 2.01. The SMILES string of the molecule is COc1ccc2cc3c([o+]c2c1)CCCC3.